The lowest BCUT2D eigenvalue weighted by Gasteiger charge is -2.16. The number of hydrogen-bond donors (Lipinski definition) is 2. The Labute approximate surface area is 144 Å². The fourth-order valence-corrected chi connectivity index (χ4v) is 3.35. The minimum atomic E-state index is 0.0532. The van der Waals surface area contributed by atoms with E-state index in [0.717, 1.165) is 30.4 Å². The number of ether oxygens (including phenoxy) is 2. The molecule has 0 unspecified atom stereocenters. The normalized spacial score (nSPS) is 19.8. The second-order valence-electron chi connectivity index (χ2n) is 6.32. The van der Waals surface area contributed by atoms with Gasteiger partial charge in [0.15, 0.2) is 11.5 Å². The highest BCUT2D eigenvalue weighted by Crippen LogP contribution is 2.33. The van der Waals surface area contributed by atoms with Crippen LogP contribution in [0.3, 0.4) is 0 Å². The molecule has 1 aromatic carbocycles. The Morgan fingerprint density at radius 2 is 2.17 bits per heavy atom. The summed E-state index contributed by atoms with van der Waals surface area (Å²) in [6, 6.07) is 4.08. The van der Waals surface area contributed by atoms with Gasteiger partial charge in [-0.2, -0.15) is 0 Å². The number of allylic oxidation sites excluding steroid dienone is 1. The van der Waals surface area contributed by atoms with Crippen molar-refractivity contribution in [1.29, 1.82) is 0 Å². The van der Waals surface area contributed by atoms with Crippen LogP contribution in [0.4, 0.5) is 0 Å². The van der Waals surface area contributed by atoms with Crippen LogP contribution in [0.2, 0.25) is 0 Å². The summed E-state index contributed by atoms with van der Waals surface area (Å²) >= 11 is 0. The van der Waals surface area contributed by atoms with Gasteiger partial charge in [-0.3, -0.25) is 4.79 Å². The third-order valence-electron chi connectivity index (χ3n) is 4.63. The third kappa shape index (κ3) is 4.51. The molecule has 0 saturated heterocycles. The molecule has 0 radical (unpaired) electrons. The maximum atomic E-state index is 12.2. The zero-order valence-corrected chi connectivity index (χ0v) is 14.6. The molecule has 2 rings (SSSR count). The SMILES string of the molecule is C=CCc1cc(CNC(=O)C[C@@H]2CCC[C@H]2N)cc(OC)c1OC. The molecule has 0 heterocycles. The van der Waals surface area contributed by atoms with Gasteiger partial charge >= 0.3 is 0 Å². The van der Waals surface area contributed by atoms with Gasteiger partial charge in [-0.05, 0) is 42.9 Å². The molecule has 1 fully saturated rings. The van der Waals surface area contributed by atoms with Crippen LogP contribution in [0, 0.1) is 5.92 Å². The molecule has 0 aliphatic heterocycles. The van der Waals surface area contributed by atoms with Gasteiger partial charge in [0.25, 0.3) is 0 Å². The highest BCUT2D eigenvalue weighted by atomic mass is 16.5. The molecular weight excluding hydrogens is 304 g/mol. The van der Waals surface area contributed by atoms with Gasteiger partial charge in [0.05, 0.1) is 14.2 Å². The molecule has 1 saturated carbocycles. The molecule has 24 heavy (non-hydrogen) atoms. The summed E-state index contributed by atoms with van der Waals surface area (Å²) in [5, 5.41) is 2.99. The molecule has 0 aromatic heterocycles. The number of nitrogens with one attached hydrogen (secondary N) is 1. The van der Waals surface area contributed by atoms with E-state index in [1.165, 1.54) is 0 Å². The Bertz CT molecular complexity index is 586. The quantitative estimate of drug-likeness (QED) is 0.718. The van der Waals surface area contributed by atoms with E-state index in [2.05, 4.69) is 11.9 Å². The van der Waals surface area contributed by atoms with Crippen LogP contribution < -0.4 is 20.5 Å². The Hall–Kier alpha value is -2.01. The second-order valence-corrected chi connectivity index (χ2v) is 6.32. The molecule has 0 bridgehead atoms. The summed E-state index contributed by atoms with van der Waals surface area (Å²) in [5.41, 5.74) is 8.01. The summed E-state index contributed by atoms with van der Waals surface area (Å²) in [7, 11) is 3.23. The molecule has 5 nitrogen and oxygen atoms in total. The van der Waals surface area contributed by atoms with E-state index in [1.807, 2.05) is 18.2 Å². The van der Waals surface area contributed by atoms with Crippen molar-refractivity contribution in [3.8, 4) is 11.5 Å². The lowest BCUT2D eigenvalue weighted by atomic mass is 10.00. The van der Waals surface area contributed by atoms with E-state index in [-0.39, 0.29) is 11.9 Å². The maximum absolute atomic E-state index is 12.2. The van der Waals surface area contributed by atoms with Crippen LogP contribution in [0.25, 0.3) is 0 Å². The van der Waals surface area contributed by atoms with Crippen molar-refractivity contribution in [3.63, 3.8) is 0 Å². The first-order chi connectivity index (χ1) is 11.6. The molecule has 132 valence electrons. The fourth-order valence-electron chi connectivity index (χ4n) is 3.35. The topological polar surface area (TPSA) is 73.6 Å². The summed E-state index contributed by atoms with van der Waals surface area (Å²) in [4.78, 5) is 12.2. The first-order valence-corrected chi connectivity index (χ1v) is 8.46. The standard InChI is InChI=1S/C19H28N2O3/c1-4-6-15-9-13(10-17(23-2)19(15)24-3)12-21-18(22)11-14-7-5-8-16(14)20/h4,9-10,14,16H,1,5-8,11-12,20H2,2-3H3,(H,21,22)/t14-,16+/m0/s1. The Morgan fingerprint density at radius 1 is 1.38 bits per heavy atom. The van der Waals surface area contributed by atoms with Crippen molar-refractivity contribution in [1.82, 2.24) is 5.32 Å². The van der Waals surface area contributed by atoms with Crippen LogP contribution in [-0.2, 0) is 17.8 Å². The average Bonchev–Trinajstić information content (AvgIpc) is 2.97. The predicted molar refractivity (Wildman–Crippen MR) is 95.2 cm³/mol. The molecule has 1 aliphatic rings. The largest absolute Gasteiger partial charge is 0.493 e. The van der Waals surface area contributed by atoms with Crippen molar-refractivity contribution >= 4 is 5.91 Å². The maximum Gasteiger partial charge on any atom is 0.220 e. The zero-order chi connectivity index (χ0) is 17.5. The fraction of sp³-hybridized carbons (Fsp3) is 0.526. The number of nitrogens with two attached hydrogens (primary N) is 1. The van der Waals surface area contributed by atoms with E-state index in [1.54, 1.807) is 14.2 Å². The van der Waals surface area contributed by atoms with Gasteiger partial charge in [0.2, 0.25) is 5.91 Å². The predicted octanol–water partition coefficient (Wildman–Crippen LogP) is 2.57. The van der Waals surface area contributed by atoms with Crippen LogP contribution in [0.5, 0.6) is 11.5 Å². The van der Waals surface area contributed by atoms with E-state index in [0.29, 0.717) is 36.8 Å². The van der Waals surface area contributed by atoms with Crippen molar-refractivity contribution < 1.29 is 14.3 Å². The third-order valence-corrected chi connectivity index (χ3v) is 4.63. The molecule has 3 N–H and O–H groups in total. The minimum Gasteiger partial charge on any atom is -0.493 e. The molecule has 2 atom stereocenters. The van der Waals surface area contributed by atoms with Crippen LogP contribution >= 0.6 is 0 Å². The first kappa shape index (κ1) is 18.3. The van der Waals surface area contributed by atoms with Gasteiger partial charge in [-0.25, -0.2) is 0 Å². The van der Waals surface area contributed by atoms with Crippen molar-refractivity contribution in [2.75, 3.05) is 14.2 Å². The average molecular weight is 332 g/mol. The van der Waals surface area contributed by atoms with E-state index in [4.69, 9.17) is 15.2 Å². The van der Waals surface area contributed by atoms with Gasteiger partial charge in [0.1, 0.15) is 0 Å². The minimum absolute atomic E-state index is 0.0532. The number of carbonyl (C=O) groups is 1. The number of carbonyl (C=O) groups excluding carboxylic acids is 1. The molecule has 1 aromatic rings. The summed E-state index contributed by atoms with van der Waals surface area (Å²) < 4.78 is 10.8. The Kier molecular flexibility index (Phi) is 6.67. The molecule has 0 spiro atoms. The number of methoxy groups -OCH3 is 2. The highest BCUT2D eigenvalue weighted by Gasteiger charge is 2.25. The van der Waals surface area contributed by atoms with Crippen molar-refractivity contribution in [2.24, 2.45) is 11.7 Å². The highest BCUT2D eigenvalue weighted by molar-refractivity contribution is 5.76. The van der Waals surface area contributed by atoms with Gasteiger partial charge in [0, 0.05) is 24.6 Å². The van der Waals surface area contributed by atoms with Gasteiger partial charge in [-0.15, -0.1) is 6.58 Å². The molecule has 1 amide bonds. The molecular formula is C19H28N2O3. The van der Waals surface area contributed by atoms with E-state index >= 15 is 0 Å². The van der Waals surface area contributed by atoms with Crippen LogP contribution in [0.15, 0.2) is 24.8 Å². The number of hydrogen-bond acceptors (Lipinski definition) is 4. The van der Waals surface area contributed by atoms with Crippen molar-refractivity contribution in [2.45, 2.75) is 44.7 Å². The van der Waals surface area contributed by atoms with E-state index in [9.17, 15) is 4.79 Å². The first-order valence-electron chi connectivity index (χ1n) is 8.46. The zero-order valence-electron chi connectivity index (χ0n) is 14.6. The second kappa shape index (κ2) is 8.73. The molecule has 5 heteroatoms. The molecule has 1 aliphatic carbocycles. The number of benzene rings is 1. The number of amides is 1. The van der Waals surface area contributed by atoms with Gasteiger partial charge < -0.3 is 20.5 Å². The lowest BCUT2D eigenvalue weighted by Crippen LogP contribution is -2.31. The number of rotatable bonds is 8. The Morgan fingerprint density at radius 3 is 2.75 bits per heavy atom. The van der Waals surface area contributed by atoms with Crippen molar-refractivity contribution in [3.05, 3.63) is 35.9 Å². The Balaban J connectivity index is 2.02. The summed E-state index contributed by atoms with van der Waals surface area (Å²) in [6.07, 6.45) is 6.21. The summed E-state index contributed by atoms with van der Waals surface area (Å²) in [6.45, 7) is 4.24. The van der Waals surface area contributed by atoms with E-state index < -0.39 is 0 Å². The monoisotopic (exact) mass is 332 g/mol. The van der Waals surface area contributed by atoms with Crippen LogP contribution in [-0.4, -0.2) is 26.2 Å². The van der Waals surface area contributed by atoms with Gasteiger partial charge in [-0.1, -0.05) is 12.5 Å². The lowest BCUT2D eigenvalue weighted by molar-refractivity contribution is -0.122. The van der Waals surface area contributed by atoms with Crippen LogP contribution in [0.1, 0.15) is 36.8 Å². The smallest absolute Gasteiger partial charge is 0.220 e. The summed E-state index contributed by atoms with van der Waals surface area (Å²) in [5.74, 6) is 1.74.